The lowest BCUT2D eigenvalue weighted by Gasteiger charge is -2.31. The molecule has 0 bridgehead atoms. The summed E-state index contributed by atoms with van der Waals surface area (Å²) in [5.74, 6) is 1.34. The highest BCUT2D eigenvalue weighted by molar-refractivity contribution is 7.14. The summed E-state index contributed by atoms with van der Waals surface area (Å²) in [5.41, 5.74) is 9.68. The highest BCUT2D eigenvalue weighted by Crippen LogP contribution is 2.45. The molecule has 1 aliphatic rings. The Morgan fingerprint density at radius 2 is 0.476 bits per heavy atom. The molecule has 0 radical (unpaired) electrons. The SMILES string of the molecule is CCCCCCCCCCCCCCCCCCCC[Si]1(CCCCCCCCCCCCCCCCCCCC)c2ccc(-c3sccc3C(CCC)CCCCCCCCCCCCCCCC)cc2-c2ccc(-c3sccc3C(CCC)CCCCCCCCCCCCCCCC)cc21. The number of hydrogen-bond acceptors (Lipinski definition) is 2. The first-order valence-corrected chi connectivity index (χ1v) is 51.7. The van der Waals surface area contributed by atoms with Gasteiger partial charge < -0.3 is 0 Å². The molecule has 0 saturated heterocycles. The second kappa shape index (κ2) is 63.8. The van der Waals surface area contributed by atoms with Gasteiger partial charge in [-0.25, -0.2) is 0 Å². The Hall–Kier alpha value is -1.94. The van der Waals surface area contributed by atoms with Crippen LogP contribution in [0, 0.1) is 0 Å². The Balaban J connectivity index is 1.31. The van der Waals surface area contributed by atoms with Crippen LogP contribution in [0.2, 0.25) is 12.1 Å². The normalized spacial score (nSPS) is 13.2. The fourth-order valence-electron chi connectivity index (χ4n) is 18.6. The van der Waals surface area contributed by atoms with Gasteiger partial charge in [-0.05, 0) is 122 Å². The lowest BCUT2D eigenvalue weighted by Crippen LogP contribution is -2.55. The van der Waals surface area contributed by atoms with Crippen molar-refractivity contribution in [1.82, 2.24) is 0 Å². The van der Waals surface area contributed by atoms with Crippen LogP contribution in [0.25, 0.3) is 32.0 Å². The average molecular weight is 1470 g/mol. The zero-order valence-corrected chi connectivity index (χ0v) is 72.8. The third-order valence-electron chi connectivity index (χ3n) is 25.2. The molecule has 3 heteroatoms. The Kier molecular flexibility index (Phi) is 56.8. The lowest BCUT2D eigenvalue weighted by atomic mass is 9.87. The summed E-state index contributed by atoms with van der Waals surface area (Å²) in [6, 6.07) is 24.5. The lowest BCUT2D eigenvalue weighted by molar-refractivity contribution is 0.503. The van der Waals surface area contributed by atoms with Crippen molar-refractivity contribution in [3.8, 4) is 32.0 Å². The van der Waals surface area contributed by atoms with Crippen molar-refractivity contribution in [2.75, 3.05) is 0 Å². The predicted octanol–water partition coefficient (Wildman–Crippen LogP) is 36.3. The maximum atomic E-state index is 2.89. The number of hydrogen-bond donors (Lipinski definition) is 0. The third kappa shape index (κ3) is 39.5. The number of fused-ring (bicyclic) bond motifs is 3. The molecule has 1 aliphatic heterocycles. The van der Waals surface area contributed by atoms with Gasteiger partial charge >= 0.3 is 0 Å². The minimum absolute atomic E-state index is 0.667. The molecular formula is C100H174S2Si. The third-order valence-corrected chi connectivity index (χ3v) is 32.4. The summed E-state index contributed by atoms with van der Waals surface area (Å²) in [6.07, 6.45) is 100. The molecule has 3 heterocycles. The summed E-state index contributed by atoms with van der Waals surface area (Å²) in [7, 11) is -2.15. The van der Waals surface area contributed by atoms with Gasteiger partial charge in [0.1, 0.15) is 8.07 Å². The van der Waals surface area contributed by atoms with Crippen LogP contribution >= 0.6 is 22.7 Å². The number of thiophene rings is 2. The molecule has 2 aromatic carbocycles. The summed E-state index contributed by atoms with van der Waals surface area (Å²) in [5, 5.41) is 8.60. The van der Waals surface area contributed by atoms with E-state index in [1.165, 1.54) is 467 Å². The van der Waals surface area contributed by atoms with Crippen molar-refractivity contribution < 1.29 is 0 Å². The van der Waals surface area contributed by atoms with E-state index in [2.05, 4.69) is 124 Å². The van der Waals surface area contributed by atoms with Gasteiger partial charge in [0, 0.05) is 9.75 Å². The Bertz CT molecular complexity index is 2470. The quantitative estimate of drug-likeness (QED) is 0.0305. The minimum atomic E-state index is -2.15. The summed E-state index contributed by atoms with van der Waals surface area (Å²) >= 11 is 4.12. The predicted molar refractivity (Wildman–Crippen MR) is 476 cm³/mol. The van der Waals surface area contributed by atoms with Crippen LogP contribution in [0.15, 0.2) is 59.3 Å². The van der Waals surface area contributed by atoms with Crippen molar-refractivity contribution in [3.63, 3.8) is 0 Å². The summed E-state index contributed by atoms with van der Waals surface area (Å²) in [4.78, 5) is 3.19. The first-order chi connectivity index (χ1) is 51.1. The second-order valence-electron chi connectivity index (χ2n) is 34.3. The molecule has 0 fully saturated rings. The van der Waals surface area contributed by atoms with Crippen molar-refractivity contribution >= 4 is 41.1 Å². The van der Waals surface area contributed by atoms with E-state index in [1.807, 2.05) is 10.4 Å². The maximum absolute atomic E-state index is 2.89. The van der Waals surface area contributed by atoms with Crippen LogP contribution in [0.1, 0.15) is 514 Å². The van der Waals surface area contributed by atoms with Gasteiger partial charge in [-0.15, -0.1) is 22.7 Å². The molecule has 2 atom stereocenters. The van der Waals surface area contributed by atoms with Gasteiger partial charge in [0.2, 0.25) is 0 Å². The molecule has 0 amide bonds. The van der Waals surface area contributed by atoms with E-state index in [0.717, 1.165) is 0 Å². The van der Waals surface area contributed by atoms with Crippen LogP contribution in [0.4, 0.5) is 0 Å². The van der Waals surface area contributed by atoms with Crippen LogP contribution in [0.5, 0.6) is 0 Å². The fourth-order valence-corrected chi connectivity index (χ4v) is 26.2. The Morgan fingerprint density at radius 1 is 0.223 bits per heavy atom. The standard InChI is InChI=1S/C100H174S2Si/c1-7-13-17-21-25-29-33-37-41-43-45-47-51-55-59-63-67-71-85-103(86-72-68-64-60-56-52-48-46-44-42-38-34-30-26-22-18-14-8-2)97-80-78-91(99-93(81-83-101-99)89(73-11-5)75-69-65-61-57-53-49-39-35-31-27-23-19-15-9-3)87-96(97)95-79-77-92(88-98(95)103)100-94(82-84-102-100)90(74-12-6)76-70-66-62-58-54-50-40-36-32-28-24-20-16-10-4/h77-84,87-90H,7-76,85-86H2,1-6H3. The molecule has 590 valence electrons. The molecule has 5 rings (SSSR count). The first kappa shape index (κ1) is 91.7. The van der Waals surface area contributed by atoms with Gasteiger partial charge in [-0.3, -0.25) is 0 Å². The van der Waals surface area contributed by atoms with Crippen LogP contribution in [0.3, 0.4) is 0 Å². The molecule has 0 saturated carbocycles. The fraction of sp³-hybridized carbons (Fsp3) is 0.800. The molecule has 2 unspecified atom stereocenters. The molecule has 2 aromatic heterocycles. The topological polar surface area (TPSA) is 0 Å². The van der Waals surface area contributed by atoms with Gasteiger partial charge in [-0.2, -0.15) is 0 Å². The smallest absolute Gasteiger partial charge is 0.119 e. The number of rotatable bonds is 76. The summed E-state index contributed by atoms with van der Waals surface area (Å²) in [6.45, 7) is 14.2. The maximum Gasteiger partial charge on any atom is 0.119 e. The largest absolute Gasteiger partial charge is 0.144 e. The Morgan fingerprint density at radius 3 is 0.757 bits per heavy atom. The van der Waals surface area contributed by atoms with E-state index < -0.39 is 8.07 Å². The number of benzene rings is 2. The monoisotopic (exact) mass is 1470 g/mol. The average Bonchev–Trinajstić information content (AvgIpc) is 1.56. The highest BCUT2D eigenvalue weighted by Gasteiger charge is 2.45. The Labute approximate surface area is 653 Å². The van der Waals surface area contributed by atoms with Gasteiger partial charge in [0.15, 0.2) is 0 Å². The summed E-state index contributed by atoms with van der Waals surface area (Å²) < 4.78 is 0. The van der Waals surface area contributed by atoms with Crippen molar-refractivity contribution in [1.29, 1.82) is 0 Å². The highest BCUT2D eigenvalue weighted by atomic mass is 32.1. The van der Waals surface area contributed by atoms with Crippen molar-refractivity contribution in [3.05, 3.63) is 70.4 Å². The molecular weight excluding hydrogens is 1290 g/mol. The number of unbranched alkanes of at least 4 members (excludes halogenated alkanes) is 60. The second-order valence-corrected chi connectivity index (χ2v) is 40.3. The first-order valence-electron chi connectivity index (χ1n) is 47.5. The van der Waals surface area contributed by atoms with Crippen molar-refractivity contribution in [2.24, 2.45) is 0 Å². The molecule has 0 N–H and O–H groups in total. The van der Waals surface area contributed by atoms with E-state index in [4.69, 9.17) is 0 Å². The van der Waals surface area contributed by atoms with Crippen LogP contribution < -0.4 is 10.4 Å². The van der Waals surface area contributed by atoms with Gasteiger partial charge in [0.25, 0.3) is 0 Å². The minimum Gasteiger partial charge on any atom is -0.144 e. The zero-order chi connectivity index (χ0) is 72.8. The molecule has 0 aliphatic carbocycles. The van der Waals surface area contributed by atoms with E-state index in [9.17, 15) is 0 Å². The van der Waals surface area contributed by atoms with Crippen molar-refractivity contribution in [2.45, 2.75) is 515 Å². The van der Waals surface area contributed by atoms with E-state index in [1.54, 1.807) is 37.6 Å². The van der Waals surface area contributed by atoms with E-state index >= 15 is 0 Å². The van der Waals surface area contributed by atoms with E-state index in [0.29, 0.717) is 11.8 Å². The van der Waals surface area contributed by atoms with Gasteiger partial charge in [-0.1, -0.05) is 496 Å². The van der Waals surface area contributed by atoms with Gasteiger partial charge in [0.05, 0.1) is 0 Å². The van der Waals surface area contributed by atoms with Crippen LogP contribution in [-0.4, -0.2) is 8.07 Å². The molecule has 0 nitrogen and oxygen atoms in total. The molecule has 103 heavy (non-hydrogen) atoms. The molecule has 4 aromatic rings. The zero-order valence-electron chi connectivity index (χ0n) is 70.2. The van der Waals surface area contributed by atoms with Crippen LogP contribution in [-0.2, 0) is 0 Å². The molecule has 0 spiro atoms. The van der Waals surface area contributed by atoms with E-state index in [-0.39, 0.29) is 0 Å².